The molecule has 0 aromatic carbocycles. The second-order valence-electron chi connectivity index (χ2n) is 3.99. The van der Waals surface area contributed by atoms with Gasteiger partial charge in [-0.3, -0.25) is 14.4 Å². The summed E-state index contributed by atoms with van der Waals surface area (Å²) in [5.74, 6) is 0. The molecule has 0 saturated carbocycles. The second kappa shape index (κ2) is 7.56. The zero-order valence-electron chi connectivity index (χ0n) is 11.5. The Morgan fingerprint density at radius 2 is 1.32 bits per heavy atom. The van der Waals surface area contributed by atoms with Crippen molar-refractivity contribution in [2.24, 2.45) is 0 Å². The molecule has 12 nitrogen and oxygen atoms in total. The van der Waals surface area contributed by atoms with E-state index in [1.807, 2.05) is 0 Å². The van der Waals surface area contributed by atoms with Gasteiger partial charge in [-0.05, 0) is 6.92 Å². The van der Waals surface area contributed by atoms with Gasteiger partial charge in [0.2, 0.25) is 19.2 Å². The fraction of sp³-hybridized carbons (Fsp3) is 0.400. The summed E-state index contributed by atoms with van der Waals surface area (Å²) < 4.78 is 1.76. The van der Waals surface area contributed by atoms with Gasteiger partial charge in [-0.15, -0.1) is 0 Å². The van der Waals surface area contributed by atoms with Crippen molar-refractivity contribution in [2.45, 2.75) is 26.4 Å². The number of carbonyl (C=O) groups is 3. The van der Waals surface area contributed by atoms with Crippen molar-refractivity contribution in [1.82, 2.24) is 29.7 Å². The Morgan fingerprint density at radius 3 is 1.68 bits per heavy atom. The molecule has 22 heavy (non-hydrogen) atoms. The summed E-state index contributed by atoms with van der Waals surface area (Å²) in [5.41, 5.74) is -3.06. The van der Waals surface area contributed by atoms with E-state index in [0.717, 1.165) is 0 Å². The molecule has 12 heteroatoms. The van der Waals surface area contributed by atoms with Crippen LogP contribution in [0.4, 0.5) is 0 Å². The summed E-state index contributed by atoms with van der Waals surface area (Å²) in [6.07, 6.45) is -0.225. The second-order valence-corrected chi connectivity index (χ2v) is 3.99. The highest BCUT2D eigenvalue weighted by molar-refractivity contribution is 5.46. The topological polar surface area (TPSA) is 153 Å². The maximum atomic E-state index is 12.2. The minimum Gasteiger partial charge on any atom is -0.340 e. The van der Waals surface area contributed by atoms with Crippen molar-refractivity contribution in [2.75, 3.05) is 0 Å². The van der Waals surface area contributed by atoms with Crippen LogP contribution in [0.2, 0.25) is 0 Å². The Labute approximate surface area is 122 Å². The quantitative estimate of drug-likeness (QED) is 0.393. The molecule has 120 valence electrons. The van der Waals surface area contributed by atoms with Gasteiger partial charge in [0.25, 0.3) is 0 Å². The van der Waals surface area contributed by atoms with Gasteiger partial charge in [-0.25, -0.2) is 28.1 Å². The van der Waals surface area contributed by atoms with E-state index in [1.165, 1.54) is 6.92 Å². The molecule has 1 rings (SSSR count). The van der Waals surface area contributed by atoms with Crippen LogP contribution < -0.4 is 33.0 Å². The van der Waals surface area contributed by atoms with Crippen LogP contribution in [0.25, 0.3) is 0 Å². The van der Waals surface area contributed by atoms with Crippen molar-refractivity contribution in [1.29, 1.82) is 0 Å². The summed E-state index contributed by atoms with van der Waals surface area (Å²) >= 11 is 0. The highest BCUT2D eigenvalue weighted by atomic mass is 16.2. The van der Waals surface area contributed by atoms with Crippen LogP contribution >= 0.6 is 0 Å². The molecule has 0 aliphatic rings. The van der Waals surface area contributed by atoms with E-state index in [4.69, 9.17) is 0 Å². The van der Waals surface area contributed by atoms with E-state index in [-0.39, 0.29) is 19.2 Å². The average Bonchev–Trinajstić information content (AvgIpc) is 2.47. The summed E-state index contributed by atoms with van der Waals surface area (Å²) in [6.45, 7) is 0.392. The van der Waals surface area contributed by atoms with E-state index in [0.29, 0.717) is 13.7 Å². The first kappa shape index (κ1) is 16.9. The normalized spacial score (nSPS) is 11.3. The first-order valence-corrected chi connectivity index (χ1v) is 5.99. The molecule has 0 aliphatic carbocycles. The number of aromatic nitrogens is 3. The van der Waals surface area contributed by atoms with Crippen molar-refractivity contribution in [3.05, 3.63) is 31.5 Å². The molecular formula is C10H14N6O6. The standard InChI is InChI=1S/C10H14N6O6/c1-7(13-6-19)16-9(21)14(2-11-4-17)8(20)15(10(16)22)3-12-5-18/h4-7H,2-3H2,1H3,(H,11,17)(H,12,18)(H,13,19). The van der Waals surface area contributed by atoms with E-state index >= 15 is 0 Å². The average molecular weight is 314 g/mol. The van der Waals surface area contributed by atoms with Gasteiger partial charge in [0, 0.05) is 0 Å². The van der Waals surface area contributed by atoms with Gasteiger partial charge in [0.15, 0.2) is 0 Å². The molecule has 1 heterocycles. The molecule has 1 atom stereocenters. The minimum absolute atomic E-state index is 0.266. The van der Waals surface area contributed by atoms with Gasteiger partial charge in [-0.1, -0.05) is 0 Å². The number of nitrogens with one attached hydrogen (secondary N) is 3. The van der Waals surface area contributed by atoms with Crippen LogP contribution in [0.3, 0.4) is 0 Å². The first-order chi connectivity index (χ1) is 10.5. The minimum atomic E-state index is -1.04. The molecule has 0 aliphatic heterocycles. The molecule has 1 unspecified atom stereocenters. The van der Waals surface area contributed by atoms with Crippen LogP contribution in [-0.4, -0.2) is 32.9 Å². The van der Waals surface area contributed by atoms with Crippen molar-refractivity contribution in [3.63, 3.8) is 0 Å². The van der Waals surface area contributed by atoms with Gasteiger partial charge >= 0.3 is 17.1 Å². The number of rotatable bonds is 9. The summed E-state index contributed by atoms with van der Waals surface area (Å²) in [4.78, 5) is 67.5. The van der Waals surface area contributed by atoms with E-state index < -0.39 is 36.6 Å². The van der Waals surface area contributed by atoms with E-state index in [9.17, 15) is 28.8 Å². The molecule has 0 fully saturated rings. The third-order valence-electron chi connectivity index (χ3n) is 2.70. The molecule has 1 aromatic heterocycles. The van der Waals surface area contributed by atoms with Crippen LogP contribution in [0.5, 0.6) is 0 Å². The van der Waals surface area contributed by atoms with Crippen LogP contribution in [0, 0.1) is 0 Å². The molecule has 0 bridgehead atoms. The molecule has 1 aromatic rings. The number of hydrogen-bond acceptors (Lipinski definition) is 6. The largest absolute Gasteiger partial charge is 0.340 e. The highest BCUT2D eigenvalue weighted by Gasteiger charge is 2.18. The van der Waals surface area contributed by atoms with Gasteiger partial charge < -0.3 is 16.0 Å². The Kier molecular flexibility index (Phi) is 5.80. The summed E-state index contributed by atoms with van der Waals surface area (Å²) in [5, 5.41) is 6.45. The lowest BCUT2D eigenvalue weighted by atomic mass is 10.5. The first-order valence-electron chi connectivity index (χ1n) is 5.99. The summed E-state index contributed by atoms with van der Waals surface area (Å²) in [6, 6.07) is 0. The number of hydrogen-bond donors (Lipinski definition) is 3. The van der Waals surface area contributed by atoms with Crippen LogP contribution in [0.15, 0.2) is 14.4 Å². The monoisotopic (exact) mass is 314 g/mol. The predicted octanol–water partition coefficient (Wildman–Crippen LogP) is -4.16. The maximum absolute atomic E-state index is 12.2. The molecule has 0 spiro atoms. The molecule has 0 radical (unpaired) electrons. The fourth-order valence-electron chi connectivity index (χ4n) is 1.68. The Morgan fingerprint density at radius 1 is 0.864 bits per heavy atom. The number of carbonyl (C=O) groups excluding carboxylic acids is 3. The number of amides is 3. The predicted molar refractivity (Wildman–Crippen MR) is 71.5 cm³/mol. The highest BCUT2D eigenvalue weighted by Crippen LogP contribution is 1.89. The van der Waals surface area contributed by atoms with E-state index in [2.05, 4.69) is 16.0 Å². The van der Waals surface area contributed by atoms with Crippen molar-refractivity contribution in [3.8, 4) is 0 Å². The van der Waals surface area contributed by atoms with Crippen LogP contribution in [0.1, 0.15) is 13.1 Å². The Bertz CT molecular complexity index is 681. The van der Waals surface area contributed by atoms with Gasteiger partial charge in [-0.2, -0.15) is 0 Å². The molecule has 3 N–H and O–H groups in total. The lowest BCUT2D eigenvalue weighted by Crippen LogP contribution is -2.58. The zero-order valence-corrected chi connectivity index (χ0v) is 11.5. The Hall–Kier alpha value is -3.18. The smallest absolute Gasteiger partial charge is 0.339 e. The van der Waals surface area contributed by atoms with Crippen molar-refractivity contribution < 1.29 is 14.4 Å². The summed E-state index contributed by atoms with van der Waals surface area (Å²) in [7, 11) is 0. The SMILES string of the molecule is CC(NC=O)n1c(=O)n(CNC=O)c(=O)n(CNC=O)c1=O. The van der Waals surface area contributed by atoms with Gasteiger partial charge in [0.1, 0.15) is 19.5 Å². The molecule has 3 amide bonds. The van der Waals surface area contributed by atoms with E-state index in [1.54, 1.807) is 0 Å². The fourth-order valence-corrected chi connectivity index (χ4v) is 1.68. The zero-order chi connectivity index (χ0) is 16.7. The lowest BCUT2D eigenvalue weighted by molar-refractivity contribution is -0.111. The third-order valence-corrected chi connectivity index (χ3v) is 2.70. The Balaban J connectivity index is 3.61. The van der Waals surface area contributed by atoms with Gasteiger partial charge in [0.05, 0.1) is 0 Å². The number of nitrogens with zero attached hydrogens (tertiary/aromatic N) is 3. The third kappa shape index (κ3) is 3.28. The lowest BCUT2D eigenvalue weighted by Gasteiger charge is -2.17. The van der Waals surface area contributed by atoms with Crippen LogP contribution in [-0.2, 0) is 27.7 Å². The van der Waals surface area contributed by atoms with Crippen molar-refractivity contribution >= 4 is 19.2 Å². The molecular weight excluding hydrogens is 300 g/mol. The molecule has 0 saturated heterocycles. The maximum Gasteiger partial charge on any atom is 0.339 e.